The van der Waals surface area contributed by atoms with Crippen molar-refractivity contribution in [1.29, 1.82) is 0 Å². The van der Waals surface area contributed by atoms with Gasteiger partial charge >= 0.3 is 0 Å². The molecule has 0 saturated heterocycles. The van der Waals surface area contributed by atoms with E-state index in [1.165, 1.54) is 10.4 Å². The van der Waals surface area contributed by atoms with Crippen LogP contribution < -0.4 is 5.32 Å². The van der Waals surface area contributed by atoms with Crippen LogP contribution in [0.25, 0.3) is 0 Å². The molecule has 1 amide bonds. The quantitative estimate of drug-likeness (QED) is 0.690. The molecular weight excluding hydrogens is 344 g/mol. The Morgan fingerprint density at radius 2 is 2.12 bits per heavy atom. The zero-order chi connectivity index (χ0) is 17.9. The minimum Gasteiger partial charge on any atom is -0.309 e. The Hall–Kier alpha value is -2.44. The molecule has 3 aromatic rings. The highest BCUT2D eigenvalue weighted by Crippen LogP contribution is 2.33. The monoisotopic (exact) mass is 366 g/mol. The lowest BCUT2D eigenvalue weighted by Gasteiger charge is -2.24. The first kappa shape index (κ1) is 17.0. The van der Waals surface area contributed by atoms with Crippen LogP contribution in [0.5, 0.6) is 0 Å². The Morgan fingerprint density at radius 1 is 1.27 bits per heavy atom. The molecule has 5 nitrogen and oxygen atoms in total. The van der Waals surface area contributed by atoms with Crippen molar-refractivity contribution < 1.29 is 4.79 Å². The minimum absolute atomic E-state index is 0.0160. The van der Waals surface area contributed by atoms with Gasteiger partial charge in [-0.1, -0.05) is 36.4 Å². The summed E-state index contributed by atoms with van der Waals surface area (Å²) in [6.07, 6.45) is 1.25. The van der Waals surface area contributed by atoms with Crippen molar-refractivity contribution in [2.75, 3.05) is 5.32 Å². The smallest absolute Gasteiger partial charge is 0.225 e. The summed E-state index contributed by atoms with van der Waals surface area (Å²) in [5.74, 6) is 0.696. The summed E-state index contributed by atoms with van der Waals surface area (Å²) in [5.41, 5.74) is 3.51. The molecule has 2 aromatic heterocycles. The zero-order valence-corrected chi connectivity index (χ0v) is 15.6. The van der Waals surface area contributed by atoms with E-state index in [1.54, 1.807) is 11.3 Å². The molecule has 1 aliphatic heterocycles. The van der Waals surface area contributed by atoms with Gasteiger partial charge in [-0.2, -0.15) is 5.10 Å². The van der Waals surface area contributed by atoms with E-state index in [1.807, 2.05) is 17.5 Å². The second-order valence-corrected chi connectivity index (χ2v) is 7.68. The number of benzene rings is 1. The number of carbonyl (C=O) groups excluding carboxylic acids is 1. The van der Waals surface area contributed by atoms with E-state index in [0.29, 0.717) is 18.3 Å². The van der Waals surface area contributed by atoms with Gasteiger partial charge in [0.25, 0.3) is 0 Å². The Labute approximate surface area is 157 Å². The molecule has 1 unspecified atom stereocenters. The van der Waals surface area contributed by atoms with Gasteiger partial charge in [-0.15, -0.1) is 11.3 Å². The average Bonchev–Trinajstić information content (AvgIpc) is 3.39. The van der Waals surface area contributed by atoms with Crippen LogP contribution in [0.1, 0.15) is 41.1 Å². The van der Waals surface area contributed by atoms with Crippen LogP contribution in [0, 0.1) is 0 Å². The third-order valence-electron chi connectivity index (χ3n) is 4.94. The minimum atomic E-state index is 0.0160. The number of aromatic amines is 1. The molecule has 0 aliphatic carbocycles. The number of amides is 1. The van der Waals surface area contributed by atoms with Gasteiger partial charge in [0.1, 0.15) is 0 Å². The first-order valence-electron chi connectivity index (χ1n) is 8.88. The Kier molecular flexibility index (Phi) is 4.86. The third-order valence-corrected chi connectivity index (χ3v) is 5.88. The van der Waals surface area contributed by atoms with E-state index in [9.17, 15) is 4.79 Å². The first-order valence-corrected chi connectivity index (χ1v) is 9.76. The lowest BCUT2D eigenvalue weighted by atomic mass is 10.1. The standard InChI is InChI=1S/C20H22N4OS/c1-14(15-6-3-2-4-7-15)24-12-17-18(13-24)22-23-20(17)21-19(25)10-9-16-8-5-11-26-16/h2-8,11,14H,9-10,12-13H2,1H3,(H2,21,22,23,25). The lowest BCUT2D eigenvalue weighted by Crippen LogP contribution is -2.22. The van der Waals surface area contributed by atoms with E-state index >= 15 is 0 Å². The fourth-order valence-corrected chi connectivity index (χ4v) is 4.08. The second-order valence-electron chi connectivity index (χ2n) is 6.65. The number of H-pyrrole nitrogens is 1. The van der Waals surface area contributed by atoms with Crippen LogP contribution >= 0.6 is 11.3 Å². The molecule has 0 bridgehead atoms. The maximum absolute atomic E-state index is 12.3. The van der Waals surface area contributed by atoms with Crippen LogP contribution in [0.15, 0.2) is 47.8 Å². The van der Waals surface area contributed by atoms with Crippen molar-refractivity contribution in [3.8, 4) is 0 Å². The maximum atomic E-state index is 12.3. The number of anilines is 1. The van der Waals surface area contributed by atoms with Crippen molar-refractivity contribution in [1.82, 2.24) is 15.1 Å². The van der Waals surface area contributed by atoms with E-state index in [-0.39, 0.29) is 5.91 Å². The van der Waals surface area contributed by atoms with Gasteiger partial charge in [0, 0.05) is 36.0 Å². The van der Waals surface area contributed by atoms with Crippen molar-refractivity contribution in [3.05, 3.63) is 69.5 Å². The SMILES string of the molecule is CC(c1ccccc1)N1Cc2[nH]nc(NC(=O)CCc3cccs3)c2C1. The number of carbonyl (C=O) groups is 1. The lowest BCUT2D eigenvalue weighted by molar-refractivity contribution is -0.116. The summed E-state index contributed by atoms with van der Waals surface area (Å²) in [6.45, 7) is 3.83. The molecule has 26 heavy (non-hydrogen) atoms. The number of nitrogens with zero attached hydrogens (tertiary/aromatic N) is 2. The Balaban J connectivity index is 1.38. The van der Waals surface area contributed by atoms with Gasteiger partial charge < -0.3 is 5.32 Å². The van der Waals surface area contributed by atoms with Crippen molar-refractivity contribution >= 4 is 23.1 Å². The van der Waals surface area contributed by atoms with Crippen LogP contribution in [0.2, 0.25) is 0 Å². The van der Waals surface area contributed by atoms with Gasteiger partial charge in [-0.3, -0.25) is 14.8 Å². The second kappa shape index (κ2) is 7.43. The van der Waals surface area contributed by atoms with Crippen LogP contribution in [-0.2, 0) is 24.3 Å². The average molecular weight is 366 g/mol. The largest absolute Gasteiger partial charge is 0.309 e. The van der Waals surface area contributed by atoms with Crippen LogP contribution in [0.4, 0.5) is 5.82 Å². The van der Waals surface area contributed by atoms with Crippen LogP contribution in [-0.4, -0.2) is 21.0 Å². The fraction of sp³-hybridized carbons (Fsp3) is 0.300. The molecule has 134 valence electrons. The summed E-state index contributed by atoms with van der Waals surface area (Å²) in [6, 6.07) is 14.9. The summed E-state index contributed by atoms with van der Waals surface area (Å²) < 4.78 is 0. The molecular formula is C20H22N4OS. The third kappa shape index (κ3) is 3.57. The summed E-state index contributed by atoms with van der Waals surface area (Å²) in [7, 11) is 0. The van der Waals surface area contributed by atoms with Gasteiger partial charge in [0.15, 0.2) is 5.82 Å². The van der Waals surface area contributed by atoms with E-state index < -0.39 is 0 Å². The molecule has 4 rings (SSSR count). The Morgan fingerprint density at radius 3 is 2.88 bits per heavy atom. The number of aryl methyl sites for hydroxylation is 1. The molecule has 6 heteroatoms. The number of hydrogen-bond acceptors (Lipinski definition) is 4. The Bertz CT molecular complexity index is 873. The summed E-state index contributed by atoms with van der Waals surface area (Å²) in [5, 5.41) is 12.4. The highest BCUT2D eigenvalue weighted by molar-refractivity contribution is 7.09. The van der Waals surface area contributed by atoms with Crippen LogP contribution in [0.3, 0.4) is 0 Å². The van der Waals surface area contributed by atoms with E-state index in [0.717, 1.165) is 30.8 Å². The molecule has 0 spiro atoms. The number of fused-ring (bicyclic) bond motifs is 1. The number of hydrogen-bond donors (Lipinski definition) is 2. The fourth-order valence-electron chi connectivity index (χ4n) is 3.37. The van der Waals surface area contributed by atoms with Gasteiger partial charge in [-0.05, 0) is 30.4 Å². The molecule has 1 aromatic carbocycles. The zero-order valence-electron chi connectivity index (χ0n) is 14.7. The molecule has 0 radical (unpaired) electrons. The van der Waals surface area contributed by atoms with Crippen molar-refractivity contribution in [2.24, 2.45) is 0 Å². The number of rotatable bonds is 6. The number of aromatic nitrogens is 2. The predicted octanol–water partition coefficient (Wildman–Crippen LogP) is 4.12. The van der Waals surface area contributed by atoms with Gasteiger partial charge in [0.05, 0.1) is 5.69 Å². The molecule has 0 fully saturated rings. The first-order chi connectivity index (χ1) is 12.7. The summed E-state index contributed by atoms with van der Waals surface area (Å²) >= 11 is 1.69. The maximum Gasteiger partial charge on any atom is 0.225 e. The van der Waals surface area contributed by atoms with Crippen molar-refractivity contribution in [3.63, 3.8) is 0 Å². The molecule has 0 saturated carbocycles. The highest BCUT2D eigenvalue weighted by Gasteiger charge is 2.29. The molecule has 3 heterocycles. The highest BCUT2D eigenvalue weighted by atomic mass is 32.1. The van der Waals surface area contributed by atoms with Gasteiger partial charge in [0.2, 0.25) is 5.91 Å². The molecule has 1 aliphatic rings. The number of thiophene rings is 1. The topological polar surface area (TPSA) is 61.0 Å². The van der Waals surface area contributed by atoms with E-state index in [4.69, 9.17) is 0 Å². The van der Waals surface area contributed by atoms with E-state index in [2.05, 4.69) is 57.7 Å². The number of nitrogens with one attached hydrogen (secondary N) is 2. The van der Waals surface area contributed by atoms with Crippen molar-refractivity contribution in [2.45, 2.75) is 38.9 Å². The normalized spacial score (nSPS) is 15.0. The molecule has 2 N–H and O–H groups in total. The predicted molar refractivity (Wildman–Crippen MR) is 104 cm³/mol. The van der Waals surface area contributed by atoms with Gasteiger partial charge in [-0.25, -0.2) is 0 Å². The summed E-state index contributed by atoms with van der Waals surface area (Å²) in [4.78, 5) is 15.9. The molecule has 1 atom stereocenters.